The van der Waals surface area contributed by atoms with Crippen LogP contribution in [0.5, 0.6) is 5.75 Å². The van der Waals surface area contributed by atoms with Crippen LogP contribution in [0.25, 0.3) is 0 Å². The normalized spacial score (nSPS) is 12.9. The fourth-order valence-corrected chi connectivity index (χ4v) is 4.57. The third-order valence-corrected chi connectivity index (χ3v) is 5.85. The molecule has 1 amide bonds. The molecule has 1 atom stereocenters. The van der Waals surface area contributed by atoms with Crippen molar-refractivity contribution in [1.29, 1.82) is 0 Å². The van der Waals surface area contributed by atoms with E-state index in [1.54, 1.807) is 6.92 Å². The molecule has 0 fully saturated rings. The third kappa shape index (κ3) is 6.06. The van der Waals surface area contributed by atoms with E-state index in [0.717, 1.165) is 16.6 Å². The molecule has 9 nitrogen and oxygen atoms in total. The van der Waals surface area contributed by atoms with Crippen LogP contribution in [0.1, 0.15) is 41.0 Å². The standard InChI is InChI=1S/C19H31N3O6S/c1-8-15(19(23)20-18(12(2)3)13(4)5)21(29(7,26)27)16-11-14(22(24)25)9-10-17(16)28-6/h9-13,15,18H,8H2,1-7H3,(H,20,23)/t15-/m1/s1. The van der Waals surface area contributed by atoms with E-state index in [-0.39, 0.29) is 41.4 Å². The molecular weight excluding hydrogens is 398 g/mol. The van der Waals surface area contributed by atoms with Gasteiger partial charge in [-0.05, 0) is 24.3 Å². The van der Waals surface area contributed by atoms with Crippen LogP contribution >= 0.6 is 0 Å². The number of nitro groups is 1. The van der Waals surface area contributed by atoms with Gasteiger partial charge in [0.2, 0.25) is 15.9 Å². The lowest BCUT2D eigenvalue weighted by Crippen LogP contribution is -2.53. The van der Waals surface area contributed by atoms with Gasteiger partial charge in [-0.3, -0.25) is 19.2 Å². The highest BCUT2D eigenvalue weighted by Crippen LogP contribution is 2.35. The van der Waals surface area contributed by atoms with Crippen molar-refractivity contribution in [3.63, 3.8) is 0 Å². The summed E-state index contributed by atoms with van der Waals surface area (Å²) in [5, 5.41) is 14.2. The molecule has 1 N–H and O–H groups in total. The van der Waals surface area contributed by atoms with Crippen molar-refractivity contribution in [1.82, 2.24) is 5.32 Å². The number of nitrogens with one attached hydrogen (secondary N) is 1. The zero-order valence-electron chi connectivity index (χ0n) is 18.0. The Labute approximate surface area is 172 Å². The number of anilines is 1. The van der Waals surface area contributed by atoms with E-state index < -0.39 is 26.9 Å². The average Bonchev–Trinajstić information content (AvgIpc) is 2.61. The number of amides is 1. The molecule has 29 heavy (non-hydrogen) atoms. The molecule has 164 valence electrons. The maximum atomic E-state index is 13.1. The Balaban J connectivity index is 3.53. The van der Waals surface area contributed by atoms with Gasteiger partial charge in [-0.25, -0.2) is 8.42 Å². The number of methoxy groups -OCH3 is 1. The van der Waals surface area contributed by atoms with E-state index in [4.69, 9.17) is 4.74 Å². The predicted octanol–water partition coefficient (Wildman–Crippen LogP) is 2.94. The molecule has 0 spiro atoms. The fourth-order valence-electron chi connectivity index (χ4n) is 3.36. The van der Waals surface area contributed by atoms with Crippen LogP contribution in [0.15, 0.2) is 18.2 Å². The Morgan fingerprint density at radius 2 is 1.79 bits per heavy atom. The summed E-state index contributed by atoms with van der Waals surface area (Å²) in [6, 6.07) is 2.42. The van der Waals surface area contributed by atoms with Crippen LogP contribution in [-0.4, -0.2) is 44.7 Å². The number of nitrogens with zero attached hydrogens (tertiary/aromatic N) is 2. The van der Waals surface area contributed by atoms with Crippen LogP contribution in [0.4, 0.5) is 11.4 Å². The van der Waals surface area contributed by atoms with E-state index in [1.165, 1.54) is 19.2 Å². The number of sulfonamides is 1. The van der Waals surface area contributed by atoms with Gasteiger partial charge in [0, 0.05) is 18.2 Å². The largest absolute Gasteiger partial charge is 0.495 e. The van der Waals surface area contributed by atoms with Gasteiger partial charge >= 0.3 is 0 Å². The van der Waals surface area contributed by atoms with E-state index >= 15 is 0 Å². The molecule has 1 aromatic rings. The topological polar surface area (TPSA) is 119 Å². The van der Waals surface area contributed by atoms with Gasteiger partial charge in [0.05, 0.1) is 18.3 Å². The van der Waals surface area contributed by atoms with Gasteiger partial charge in [0.15, 0.2) is 0 Å². The number of hydrogen-bond acceptors (Lipinski definition) is 6. The Bertz CT molecular complexity index is 830. The van der Waals surface area contributed by atoms with Gasteiger partial charge in [0.25, 0.3) is 5.69 Å². The highest BCUT2D eigenvalue weighted by molar-refractivity contribution is 7.92. The average molecular weight is 430 g/mol. The van der Waals surface area contributed by atoms with Crippen molar-refractivity contribution in [3.8, 4) is 5.75 Å². The Morgan fingerprint density at radius 1 is 1.24 bits per heavy atom. The summed E-state index contributed by atoms with van der Waals surface area (Å²) in [5.74, 6) is -0.0404. The minimum atomic E-state index is -3.96. The van der Waals surface area contributed by atoms with Gasteiger partial charge in [-0.2, -0.15) is 0 Å². The first-order valence-corrected chi connectivity index (χ1v) is 11.3. The summed E-state index contributed by atoms with van der Waals surface area (Å²) in [4.78, 5) is 23.7. The maximum Gasteiger partial charge on any atom is 0.271 e. The number of benzene rings is 1. The molecule has 0 aromatic heterocycles. The Kier molecular flexibility index (Phi) is 8.43. The molecule has 0 radical (unpaired) electrons. The van der Waals surface area contributed by atoms with Crippen LogP contribution in [0.3, 0.4) is 0 Å². The fraction of sp³-hybridized carbons (Fsp3) is 0.632. The van der Waals surface area contributed by atoms with E-state index in [1.807, 2.05) is 27.7 Å². The molecular formula is C19H31N3O6S. The lowest BCUT2D eigenvalue weighted by atomic mass is 9.93. The summed E-state index contributed by atoms with van der Waals surface area (Å²) in [7, 11) is -2.62. The second kappa shape index (κ2) is 9.91. The number of carbonyl (C=O) groups is 1. The monoisotopic (exact) mass is 429 g/mol. The van der Waals surface area contributed by atoms with Crippen LogP contribution in [0, 0.1) is 22.0 Å². The van der Waals surface area contributed by atoms with Crippen molar-refractivity contribution in [2.45, 2.75) is 53.1 Å². The molecule has 0 aliphatic heterocycles. The molecule has 0 aliphatic rings. The van der Waals surface area contributed by atoms with Crippen LogP contribution in [-0.2, 0) is 14.8 Å². The minimum Gasteiger partial charge on any atom is -0.495 e. The highest BCUT2D eigenvalue weighted by Gasteiger charge is 2.35. The molecule has 1 rings (SSSR count). The first-order valence-electron chi connectivity index (χ1n) is 9.47. The molecule has 0 aliphatic carbocycles. The molecule has 0 heterocycles. The highest BCUT2D eigenvalue weighted by atomic mass is 32.2. The van der Waals surface area contributed by atoms with Gasteiger partial charge in [-0.15, -0.1) is 0 Å². The van der Waals surface area contributed by atoms with Crippen molar-refractivity contribution in [2.24, 2.45) is 11.8 Å². The lowest BCUT2D eigenvalue weighted by Gasteiger charge is -2.33. The van der Waals surface area contributed by atoms with Crippen LogP contribution < -0.4 is 14.4 Å². The molecule has 0 saturated carbocycles. The number of nitro benzene ring substituents is 1. The summed E-state index contributed by atoms with van der Waals surface area (Å²) in [6.07, 6.45) is 1.14. The number of hydrogen-bond donors (Lipinski definition) is 1. The minimum absolute atomic E-state index is 0.0446. The van der Waals surface area contributed by atoms with E-state index in [9.17, 15) is 23.3 Å². The second-order valence-corrected chi connectivity index (χ2v) is 9.48. The van der Waals surface area contributed by atoms with Crippen molar-refractivity contribution in [2.75, 3.05) is 17.7 Å². The van der Waals surface area contributed by atoms with Crippen molar-refractivity contribution in [3.05, 3.63) is 28.3 Å². The number of carbonyl (C=O) groups excluding carboxylic acids is 1. The maximum absolute atomic E-state index is 13.1. The molecule has 1 aromatic carbocycles. The molecule has 10 heteroatoms. The predicted molar refractivity (Wildman–Crippen MR) is 113 cm³/mol. The first-order chi connectivity index (χ1) is 13.3. The van der Waals surface area contributed by atoms with Crippen LogP contribution in [0.2, 0.25) is 0 Å². The lowest BCUT2D eigenvalue weighted by molar-refractivity contribution is -0.384. The van der Waals surface area contributed by atoms with E-state index in [2.05, 4.69) is 5.32 Å². The number of non-ortho nitro benzene ring substituents is 1. The summed E-state index contributed by atoms with van der Waals surface area (Å²) >= 11 is 0. The quantitative estimate of drug-likeness (QED) is 0.451. The third-order valence-electron chi connectivity index (χ3n) is 4.69. The zero-order valence-corrected chi connectivity index (χ0v) is 18.8. The number of ether oxygens (including phenoxy) is 1. The summed E-state index contributed by atoms with van der Waals surface area (Å²) in [6.45, 7) is 9.59. The Morgan fingerprint density at radius 3 is 2.17 bits per heavy atom. The SMILES string of the molecule is CC[C@H](C(=O)NC(C(C)C)C(C)C)N(c1cc([N+](=O)[O-])ccc1OC)S(C)(=O)=O. The second-order valence-electron chi connectivity index (χ2n) is 7.62. The van der Waals surface area contributed by atoms with Crippen molar-refractivity contribution >= 4 is 27.3 Å². The number of rotatable bonds is 10. The van der Waals surface area contributed by atoms with Gasteiger partial charge in [0.1, 0.15) is 17.5 Å². The van der Waals surface area contributed by atoms with Crippen molar-refractivity contribution < 1.29 is 22.9 Å². The van der Waals surface area contributed by atoms with E-state index in [0.29, 0.717) is 0 Å². The smallest absolute Gasteiger partial charge is 0.271 e. The molecule has 0 saturated heterocycles. The zero-order chi connectivity index (χ0) is 22.5. The van der Waals surface area contributed by atoms with Gasteiger partial charge < -0.3 is 10.1 Å². The summed E-state index contributed by atoms with van der Waals surface area (Å²) < 4.78 is 31.5. The Hall–Kier alpha value is -2.36. The molecule has 0 bridgehead atoms. The summed E-state index contributed by atoms with van der Waals surface area (Å²) in [5.41, 5.74) is -0.344. The molecule has 0 unspecified atom stereocenters. The van der Waals surface area contributed by atoms with Gasteiger partial charge in [-0.1, -0.05) is 34.6 Å². The first kappa shape index (κ1) is 24.7.